The Morgan fingerprint density at radius 1 is 0.724 bits per heavy atom. The molecule has 3 aromatic rings. The Hall–Kier alpha value is -3.04. The molecular weight excluding hydrogens is 371 g/mol. The van der Waals surface area contributed by atoms with Crippen LogP contribution < -0.4 is 0 Å². The second-order valence-electron chi connectivity index (χ2n) is 7.01. The van der Waals surface area contributed by atoms with Crippen LogP contribution >= 0.6 is 7.11 Å². The molecule has 0 radical (unpaired) electrons. The van der Waals surface area contributed by atoms with E-state index in [0.717, 1.165) is 0 Å². The van der Waals surface area contributed by atoms with E-state index < -0.39 is 7.11 Å². The summed E-state index contributed by atoms with van der Waals surface area (Å²) in [5.74, 6) is 2.67. The molecule has 0 saturated heterocycles. The van der Waals surface area contributed by atoms with E-state index in [0.29, 0.717) is 6.61 Å². The van der Waals surface area contributed by atoms with Gasteiger partial charge in [-0.15, -0.1) is 6.42 Å². The third-order valence-electron chi connectivity index (χ3n) is 5.16. The smallest absolute Gasteiger partial charge is 0.112 e. The molecule has 0 N–H and O–H groups in total. The first kappa shape index (κ1) is 19.3. The molecule has 0 aromatic heterocycles. The number of allylic oxidation sites excluding steroid dienone is 3. The second-order valence-corrected chi connectivity index (χ2v) is 10.1. The number of rotatable bonds is 5. The maximum atomic E-state index is 6.46. The van der Waals surface area contributed by atoms with Gasteiger partial charge in [-0.2, -0.15) is 0 Å². The minimum atomic E-state index is -2.14. The van der Waals surface area contributed by atoms with E-state index in [1.807, 2.05) is 18.2 Å². The molecule has 1 atom stereocenters. The highest BCUT2D eigenvalue weighted by Gasteiger charge is 2.28. The van der Waals surface area contributed by atoms with Gasteiger partial charge in [0, 0.05) is 17.7 Å². The van der Waals surface area contributed by atoms with E-state index in [1.54, 1.807) is 0 Å². The van der Waals surface area contributed by atoms with Gasteiger partial charge in [0.2, 0.25) is 0 Å². The molecule has 0 amide bonds. The van der Waals surface area contributed by atoms with Crippen molar-refractivity contribution in [3.8, 4) is 12.3 Å². The zero-order chi connectivity index (χ0) is 20.1. The quantitative estimate of drug-likeness (QED) is 0.352. The Kier molecular flexibility index (Phi) is 5.68. The van der Waals surface area contributed by atoms with E-state index in [-0.39, 0.29) is 0 Å². The third kappa shape index (κ3) is 3.92. The van der Waals surface area contributed by atoms with Crippen LogP contribution in [-0.2, 0) is 4.52 Å². The third-order valence-corrected chi connectivity index (χ3v) is 8.42. The van der Waals surface area contributed by atoms with Crippen molar-refractivity contribution in [1.82, 2.24) is 0 Å². The fourth-order valence-electron chi connectivity index (χ4n) is 3.69. The summed E-state index contributed by atoms with van der Waals surface area (Å²) < 4.78 is 6.46. The monoisotopic (exact) mass is 394 g/mol. The fraction of sp³-hybridized carbons (Fsp3) is 0.0741. The predicted molar refractivity (Wildman–Crippen MR) is 127 cm³/mol. The Balaban J connectivity index is 2.03. The summed E-state index contributed by atoms with van der Waals surface area (Å²) in [4.78, 5) is 0. The van der Waals surface area contributed by atoms with Crippen LogP contribution in [0.1, 0.15) is 16.7 Å². The molecule has 29 heavy (non-hydrogen) atoms. The van der Waals surface area contributed by atoms with Crippen molar-refractivity contribution in [1.29, 1.82) is 0 Å². The number of terminal acetylenes is 1. The molecule has 0 aliphatic carbocycles. The highest BCUT2D eigenvalue weighted by atomic mass is 31.2. The molecule has 142 valence electrons. The number of hydrogen-bond donors (Lipinski definition) is 0. The summed E-state index contributed by atoms with van der Waals surface area (Å²) >= 11 is 0. The minimum absolute atomic E-state index is 0.291. The summed E-state index contributed by atoms with van der Waals surface area (Å²) in [7, 11) is -2.14. The Bertz CT molecular complexity index is 1140. The van der Waals surface area contributed by atoms with Crippen LogP contribution in [0.5, 0.6) is 0 Å². The van der Waals surface area contributed by atoms with Gasteiger partial charge < -0.3 is 4.52 Å². The van der Waals surface area contributed by atoms with Crippen LogP contribution in [-0.4, -0.2) is 18.6 Å². The predicted octanol–water partition coefficient (Wildman–Crippen LogP) is 6.56. The van der Waals surface area contributed by atoms with Crippen molar-refractivity contribution in [2.45, 2.75) is 0 Å². The summed E-state index contributed by atoms with van der Waals surface area (Å²) in [6, 6.07) is 31.5. The summed E-state index contributed by atoms with van der Waals surface area (Å²) in [5, 5.41) is 2.43. The highest BCUT2D eigenvalue weighted by Crippen LogP contribution is 2.62. The van der Waals surface area contributed by atoms with Crippen molar-refractivity contribution in [3.63, 3.8) is 0 Å². The standard InChI is InChI=1S/C27H23OP/c1-3-19-28-29(2)26(23-15-9-5-10-16-23)20-25(22-13-7-4-8-14-22)21-27(29)24-17-11-6-12-18-24/h1,4-18,20-21H,19H2,2H3. The zero-order valence-electron chi connectivity index (χ0n) is 16.5. The number of hydrogen-bond acceptors (Lipinski definition) is 1. The van der Waals surface area contributed by atoms with E-state index >= 15 is 0 Å². The van der Waals surface area contributed by atoms with Crippen molar-refractivity contribution in [3.05, 3.63) is 120 Å². The molecule has 0 saturated carbocycles. The van der Waals surface area contributed by atoms with Gasteiger partial charge in [0.05, 0.1) is 0 Å². The van der Waals surface area contributed by atoms with Gasteiger partial charge >= 0.3 is 0 Å². The van der Waals surface area contributed by atoms with Crippen LogP contribution in [0.15, 0.2) is 103 Å². The zero-order valence-corrected chi connectivity index (χ0v) is 17.3. The van der Waals surface area contributed by atoms with Gasteiger partial charge in [-0.25, -0.2) is 0 Å². The molecule has 0 fully saturated rings. The minimum Gasteiger partial charge on any atom is -0.344 e. The topological polar surface area (TPSA) is 9.23 Å². The first-order valence-electron chi connectivity index (χ1n) is 9.64. The lowest BCUT2D eigenvalue weighted by atomic mass is 10.0. The largest absolute Gasteiger partial charge is 0.344 e. The second kappa shape index (κ2) is 8.54. The Morgan fingerprint density at radius 3 is 1.79 bits per heavy atom. The summed E-state index contributed by atoms with van der Waals surface area (Å²) in [6.45, 7) is 2.52. The summed E-state index contributed by atoms with van der Waals surface area (Å²) in [5.41, 5.74) is 4.73. The van der Waals surface area contributed by atoms with Crippen molar-refractivity contribution in [2.75, 3.05) is 13.3 Å². The van der Waals surface area contributed by atoms with Gasteiger partial charge in [0.25, 0.3) is 0 Å². The average Bonchev–Trinajstić information content (AvgIpc) is 2.79. The fourth-order valence-corrected chi connectivity index (χ4v) is 6.62. The molecule has 2 heteroatoms. The molecule has 1 aliphatic rings. The van der Waals surface area contributed by atoms with E-state index in [2.05, 4.69) is 97.5 Å². The van der Waals surface area contributed by atoms with E-state index in [1.165, 1.54) is 32.9 Å². The Labute approximate surface area is 173 Å². The van der Waals surface area contributed by atoms with Gasteiger partial charge in [0.1, 0.15) is 6.61 Å². The SMILES string of the molecule is C#CCOP1(C)=C(c2ccccc2)C=C(c2ccccc2)C=C1c1ccccc1. The molecule has 4 rings (SSSR count). The maximum Gasteiger partial charge on any atom is 0.112 e. The molecule has 0 spiro atoms. The van der Waals surface area contributed by atoms with Crippen LogP contribution in [0.4, 0.5) is 0 Å². The van der Waals surface area contributed by atoms with Gasteiger partial charge in [0.15, 0.2) is 0 Å². The molecule has 0 bridgehead atoms. The lowest BCUT2D eigenvalue weighted by molar-refractivity contribution is 0.418. The van der Waals surface area contributed by atoms with Gasteiger partial charge in [-0.05, 0) is 41.1 Å². The highest BCUT2D eigenvalue weighted by molar-refractivity contribution is 7.81. The normalized spacial score (nSPS) is 18.6. The lowest BCUT2D eigenvalue weighted by Gasteiger charge is -2.32. The maximum absolute atomic E-state index is 6.46. The van der Waals surface area contributed by atoms with E-state index in [9.17, 15) is 0 Å². The van der Waals surface area contributed by atoms with Crippen LogP contribution in [0, 0.1) is 12.3 Å². The van der Waals surface area contributed by atoms with Crippen molar-refractivity contribution < 1.29 is 4.52 Å². The van der Waals surface area contributed by atoms with Gasteiger partial charge in [-0.1, -0.05) is 96.9 Å². The van der Waals surface area contributed by atoms with Crippen molar-refractivity contribution in [2.24, 2.45) is 0 Å². The van der Waals surface area contributed by atoms with Crippen molar-refractivity contribution >= 4 is 23.3 Å². The molecular formula is C27H23OP. The van der Waals surface area contributed by atoms with Crippen LogP contribution in [0.2, 0.25) is 0 Å². The Morgan fingerprint density at radius 2 is 1.24 bits per heavy atom. The molecule has 1 aliphatic heterocycles. The lowest BCUT2D eigenvalue weighted by Crippen LogP contribution is -2.10. The van der Waals surface area contributed by atoms with Gasteiger partial charge in [-0.3, -0.25) is 0 Å². The van der Waals surface area contributed by atoms with E-state index in [4.69, 9.17) is 10.9 Å². The molecule has 1 nitrogen and oxygen atoms in total. The average molecular weight is 394 g/mol. The number of benzene rings is 3. The summed E-state index contributed by atoms with van der Waals surface area (Å²) in [6.07, 6.45) is 10.1. The van der Waals surface area contributed by atoms with Crippen LogP contribution in [0.3, 0.4) is 0 Å². The molecule has 3 aromatic carbocycles. The first-order chi connectivity index (χ1) is 14.2. The molecule has 1 heterocycles. The van der Waals surface area contributed by atoms with Crippen LogP contribution in [0.25, 0.3) is 10.9 Å². The first-order valence-corrected chi connectivity index (χ1v) is 11.8. The molecule has 1 unspecified atom stereocenters.